The third kappa shape index (κ3) is 4.77. The Morgan fingerprint density at radius 3 is 2.42 bits per heavy atom. The monoisotopic (exact) mass is 335 g/mol. The highest BCUT2D eigenvalue weighted by Crippen LogP contribution is 2.11. The van der Waals surface area contributed by atoms with Crippen molar-refractivity contribution < 1.29 is 9.32 Å². The minimum atomic E-state index is 0.288. The summed E-state index contributed by atoms with van der Waals surface area (Å²) in [6.07, 6.45) is 3.17. The zero-order valence-electron chi connectivity index (χ0n) is 14.9. The van der Waals surface area contributed by atoms with Crippen molar-refractivity contribution in [2.24, 2.45) is 5.92 Å². The van der Waals surface area contributed by atoms with E-state index in [0.717, 1.165) is 64.4 Å². The SMILES string of the molecule is CC(C)Cc1noc(CN2CCN(CC(=O)N3CCCC3)CC2)n1. The average molecular weight is 335 g/mol. The molecule has 24 heavy (non-hydrogen) atoms. The van der Waals surface area contributed by atoms with Gasteiger partial charge in [0.1, 0.15) is 0 Å². The van der Waals surface area contributed by atoms with Gasteiger partial charge >= 0.3 is 0 Å². The van der Waals surface area contributed by atoms with Crippen LogP contribution in [0.1, 0.15) is 38.4 Å². The molecular weight excluding hydrogens is 306 g/mol. The summed E-state index contributed by atoms with van der Waals surface area (Å²) < 4.78 is 5.35. The van der Waals surface area contributed by atoms with Crippen LogP contribution in [0.4, 0.5) is 0 Å². The second-order valence-corrected chi connectivity index (χ2v) is 7.34. The minimum absolute atomic E-state index is 0.288. The Labute approximate surface area is 144 Å². The largest absolute Gasteiger partial charge is 0.342 e. The van der Waals surface area contributed by atoms with Crippen molar-refractivity contribution in [1.82, 2.24) is 24.8 Å². The van der Waals surface area contributed by atoms with Gasteiger partial charge in [0, 0.05) is 45.7 Å². The normalized spacial score (nSPS) is 20.2. The second kappa shape index (κ2) is 8.07. The van der Waals surface area contributed by atoms with Crippen molar-refractivity contribution in [3.63, 3.8) is 0 Å². The Bertz CT molecular complexity index is 531. The Morgan fingerprint density at radius 2 is 1.75 bits per heavy atom. The van der Waals surface area contributed by atoms with Gasteiger partial charge in [0.25, 0.3) is 0 Å². The predicted octanol–water partition coefficient (Wildman–Crippen LogP) is 1.01. The summed E-state index contributed by atoms with van der Waals surface area (Å²) in [6.45, 7) is 11.2. The summed E-state index contributed by atoms with van der Waals surface area (Å²) in [7, 11) is 0. The zero-order chi connectivity index (χ0) is 16.9. The number of likely N-dealkylation sites (tertiary alicyclic amines) is 1. The van der Waals surface area contributed by atoms with E-state index in [9.17, 15) is 4.79 Å². The molecule has 134 valence electrons. The number of carbonyl (C=O) groups excluding carboxylic acids is 1. The third-order valence-corrected chi connectivity index (χ3v) is 4.74. The molecule has 3 rings (SSSR count). The molecule has 7 heteroatoms. The first kappa shape index (κ1) is 17.4. The van der Waals surface area contributed by atoms with Crippen molar-refractivity contribution in [1.29, 1.82) is 0 Å². The maximum absolute atomic E-state index is 12.2. The van der Waals surface area contributed by atoms with Gasteiger partial charge < -0.3 is 9.42 Å². The topological polar surface area (TPSA) is 65.7 Å². The van der Waals surface area contributed by atoms with Crippen LogP contribution >= 0.6 is 0 Å². The van der Waals surface area contributed by atoms with Gasteiger partial charge in [0.2, 0.25) is 11.8 Å². The molecule has 0 radical (unpaired) electrons. The van der Waals surface area contributed by atoms with Crippen LogP contribution < -0.4 is 0 Å². The van der Waals surface area contributed by atoms with Crippen LogP contribution in [0, 0.1) is 5.92 Å². The fraction of sp³-hybridized carbons (Fsp3) is 0.824. The van der Waals surface area contributed by atoms with Gasteiger partial charge in [-0.3, -0.25) is 14.6 Å². The lowest BCUT2D eigenvalue weighted by Crippen LogP contribution is -2.49. The summed E-state index contributed by atoms with van der Waals surface area (Å²) in [5, 5.41) is 4.05. The molecule has 1 aromatic heterocycles. The maximum Gasteiger partial charge on any atom is 0.240 e. The smallest absolute Gasteiger partial charge is 0.240 e. The molecule has 2 aliphatic heterocycles. The number of aromatic nitrogens is 2. The highest BCUT2D eigenvalue weighted by atomic mass is 16.5. The Balaban J connectivity index is 1.40. The number of hydrogen-bond acceptors (Lipinski definition) is 6. The first-order chi connectivity index (χ1) is 11.6. The fourth-order valence-electron chi connectivity index (χ4n) is 3.36. The van der Waals surface area contributed by atoms with Crippen molar-refractivity contribution in [2.75, 3.05) is 45.8 Å². The lowest BCUT2D eigenvalue weighted by molar-refractivity contribution is -0.131. The molecule has 1 amide bonds. The number of carbonyl (C=O) groups is 1. The number of rotatable bonds is 6. The average Bonchev–Trinajstić information content (AvgIpc) is 3.21. The summed E-state index contributed by atoms with van der Waals surface area (Å²) in [6, 6.07) is 0. The van der Waals surface area contributed by atoms with E-state index in [2.05, 4.69) is 33.8 Å². The lowest BCUT2D eigenvalue weighted by atomic mass is 10.1. The predicted molar refractivity (Wildman–Crippen MR) is 90.4 cm³/mol. The second-order valence-electron chi connectivity index (χ2n) is 7.34. The molecule has 0 saturated carbocycles. The summed E-state index contributed by atoms with van der Waals surface area (Å²) in [4.78, 5) is 23.3. The van der Waals surface area contributed by atoms with Crippen molar-refractivity contribution in [3.8, 4) is 0 Å². The first-order valence-electron chi connectivity index (χ1n) is 9.14. The number of amides is 1. The summed E-state index contributed by atoms with van der Waals surface area (Å²) >= 11 is 0. The van der Waals surface area contributed by atoms with Crippen LogP contribution in [0.2, 0.25) is 0 Å². The molecule has 0 aliphatic carbocycles. The summed E-state index contributed by atoms with van der Waals surface area (Å²) in [5.74, 6) is 2.32. The highest BCUT2D eigenvalue weighted by molar-refractivity contribution is 5.78. The van der Waals surface area contributed by atoms with Crippen molar-refractivity contribution in [3.05, 3.63) is 11.7 Å². The van der Waals surface area contributed by atoms with E-state index in [-0.39, 0.29) is 5.91 Å². The molecule has 0 N–H and O–H groups in total. The molecule has 3 heterocycles. The van der Waals surface area contributed by atoms with Gasteiger partial charge in [0.05, 0.1) is 13.1 Å². The molecule has 0 spiro atoms. The molecule has 2 saturated heterocycles. The Kier molecular flexibility index (Phi) is 5.84. The van der Waals surface area contributed by atoms with E-state index in [1.54, 1.807) is 0 Å². The van der Waals surface area contributed by atoms with E-state index in [1.807, 2.05) is 4.90 Å². The van der Waals surface area contributed by atoms with Crippen LogP contribution in [0.25, 0.3) is 0 Å². The van der Waals surface area contributed by atoms with Gasteiger partial charge in [-0.2, -0.15) is 4.98 Å². The van der Waals surface area contributed by atoms with E-state index >= 15 is 0 Å². The van der Waals surface area contributed by atoms with Gasteiger partial charge in [0.15, 0.2) is 5.82 Å². The van der Waals surface area contributed by atoms with Gasteiger partial charge in [-0.1, -0.05) is 19.0 Å². The minimum Gasteiger partial charge on any atom is -0.342 e. The molecule has 0 bridgehead atoms. The van der Waals surface area contributed by atoms with E-state index < -0.39 is 0 Å². The van der Waals surface area contributed by atoms with Gasteiger partial charge in [-0.25, -0.2) is 0 Å². The molecule has 7 nitrogen and oxygen atoms in total. The van der Waals surface area contributed by atoms with E-state index in [1.165, 1.54) is 0 Å². The molecule has 0 atom stereocenters. The quantitative estimate of drug-likeness (QED) is 0.773. The molecule has 2 aliphatic rings. The number of piperazine rings is 1. The Morgan fingerprint density at radius 1 is 1.08 bits per heavy atom. The highest BCUT2D eigenvalue weighted by Gasteiger charge is 2.24. The zero-order valence-corrected chi connectivity index (χ0v) is 14.9. The number of nitrogens with zero attached hydrogens (tertiary/aromatic N) is 5. The van der Waals surface area contributed by atoms with E-state index in [0.29, 0.717) is 24.9 Å². The van der Waals surface area contributed by atoms with E-state index in [4.69, 9.17) is 4.52 Å². The maximum atomic E-state index is 12.2. The fourth-order valence-corrected chi connectivity index (χ4v) is 3.36. The van der Waals surface area contributed by atoms with Gasteiger partial charge in [-0.15, -0.1) is 0 Å². The molecular formula is C17H29N5O2. The van der Waals surface area contributed by atoms with Crippen LogP contribution in [0.3, 0.4) is 0 Å². The third-order valence-electron chi connectivity index (χ3n) is 4.74. The van der Waals surface area contributed by atoms with Crippen molar-refractivity contribution >= 4 is 5.91 Å². The van der Waals surface area contributed by atoms with Crippen LogP contribution in [-0.4, -0.2) is 76.6 Å². The molecule has 2 fully saturated rings. The summed E-state index contributed by atoms with van der Waals surface area (Å²) in [5.41, 5.74) is 0. The van der Waals surface area contributed by atoms with Crippen molar-refractivity contribution in [2.45, 2.75) is 39.7 Å². The van der Waals surface area contributed by atoms with Gasteiger partial charge in [-0.05, 0) is 18.8 Å². The van der Waals surface area contributed by atoms with Crippen LogP contribution in [0.5, 0.6) is 0 Å². The van der Waals surface area contributed by atoms with Crippen LogP contribution in [0.15, 0.2) is 4.52 Å². The first-order valence-corrected chi connectivity index (χ1v) is 9.14. The standard InChI is InChI=1S/C17H29N5O2/c1-14(2)11-15-18-16(24-19-15)12-20-7-9-21(10-8-20)13-17(23)22-5-3-4-6-22/h14H,3-13H2,1-2H3. The molecule has 1 aromatic rings. The molecule has 0 unspecified atom stereocenters. The lowest BCUT2D eigenvalue weighted by Gasteiger charge is -2.34. The van der Waals surface area contributed by atoms with Crippen LogP contribution in [-0.2, 0) is 17.8 Å². The number of hydrogen-bond donors (Lipinski definition) is 0. The Hall–Kier alpha value is -1.47. The molecule has 0 aromatic carbocycles.